The second-order valence-electron chi connectivity index (χ2n) is 19.3. The van der Waals surface area contributed by atoms with Gasteiger partial charge in [0, 0.05) is 85.2 Å². The van der Waals surface area contributed by atoms with Crippen LogP contribution in [0, 0.1) is 0 Å². The van der Waals surface area contributed by atoms with Crippen LogP contribution in [-0.4, -0.2) is 140 Å². The third-order valence-corrected chi connectivity index (χ3v) is 13.0. The predicted molar refractivity (Wildman–Crippen MR) is 301 cm³/mol. The van der Waals surface area contributed by atoms with Crippen LogP contribution in [0.4, 0.5) is 0 Å². The molecule has 0 fully saturated rings. The van der Waals surface area contributed by atoms with Crippen LogP contribution in [0.2, 0.25) is 0 Å². The van der Waals surface area contributed by atoms with Crippen molar-refractivity contribution in [3.8, 4) is 0 Å². The smallest absolute Gasteiger partial charge is 0.244 e. The molecule has 0 aliphatic rings. The first kappa shape index (κ1) is 62.9. The number of hydrogen-bond acceptors (Lipinski definition) is 13. The van der Waals surface area contributed by atoms with E-state index in [0.29, 0.717) is 29.7 Å². The molecule has 2 aromatic carbocycles. The molecule has 9 amide bonds. The van der Waals surface area contributed by atoms with Gasteiger partial charge in [0.2, 0.25) is 53.2 Å². The molecular formula is C52H75N15O9S2. The van der Waals surface area contributed by atoms with Crippen LogP contribution in [0.5, 0.6) is 0 Å². The summed E-state index contributed by atoms with van der Waals surface area (Å²) in [5, 5.41) is 22.5. The predicted octanol–water partition coefficient (Wildman–Crippen LogP) is -0.404. The lowest BCUT2D eigenvalue weighted by molar-refractivity contribution is -0.135. The molecule has 0 aliphatic heterocycles. The summed E-state index contributed by atoms with van der Waals surface area (Å²) < 4.78 is -0.944. The van der Waals surface area contributed by atoms with Crippen LogP contribution < -0.4 is 59.7 Å². The Labute approximate surface area is 464 Å². The van der Waals surface area contributed by atoms with Crippen LogP contribution in [0.1, 0.15) is 89.5 Å². The van der Waals surface area contributed by atoms with Crippen LogP contribution in [-0.2, 0) is 62.4 Å². The second kappa shape index (κ2) is 31.6. The van der Waals surface area contributed by atoms with E-state index in [1.165, 1.54) is 19.4 Å². The number of aromatic nitrogens is 3. The fourth-order valence-electron chi connectivity index (χ4n) is 8.28. The molecule has 0 spiro atoms. The van der Waals surface area contributed by atoms with Gasteiger partial charge in [-0.1, -0.05) is 68.3 Å². The highest BCUT2D eigenvalue weighted by Crippen LogP contribution is 2.20. The standard InChI is InChI=1S/C52H75N15O9S2/c1-5-6-17-36(61-30(2)68)46(72)66-41(28-77)50(76)65-40(25-33-27-56-29-60-33)49(75)63-38(23-31-14-8-7-9-15-31)48(74)62-37(19-12-22-58-51(54)55)47(73)64-39(24-32-26-59-35-18-11-10-16-34(32)35)45(71)57-21-13-20-42(69)67-43(44(53)70)52(3,4)78/h7-11,14-16,18,26-27,29,36-41,43,59,77-78H,5-6,12-13,17,19-25,28H2,1-4H3,(H2,53,70)(H,56,60)(H,57,71)(H,61,68)(H,62,74)(H,63,75)(H,64,73)(H,65,76)(H,66,72)(H,67,69)(H4,54,55,58)/t36-,37-,38+,39-,40-,41-,43+/m0/s1. The van der Waals surface area contributed by atoms with Gasteiger partial charge in [0.25, 0.3) is 0 Å². The first-order valence-corrected chi connectivity index (χ1v) is 26.8. The van der Waals surface area contributed by atoms with Gasteiger partial charge in [-0.05, 0) is 56.7 Å². The minimum atomic E-state index is -1.37. The molecule has 0 saturated carbocycles. The van der Waals surface area contributed by atoms with E-state index in [-0.39, 0.29) is 69.7 Å². The zero-order valence-electron chi connectivity index (χ0n) is 44.4. The number of benzene rings is 2. The summed E-state index contributed by atoms with van der Waals surface area (Å²) in [6.07, 6.45) is 6.24. The van der Waals surface area contributed by atoms with Crippen molar-refractivity contribution < 1.29 is 43.2 Å². The molecule has 26 heteroatoms. The molecule has 78 heavy (non-hydrogen) atoms. The third kappa shape index (κ3) is 21.1. The Morgan fingerprint density at radius 2 is 1.23 bits per heavy atom. The van der Waals surface area contributed by atoms with Crippen LogP contribution >= 0.6 is 25.3 Å². The second-order valence-corrected chi connectivity index (χ2v) is 20.8. The van der Waals surface area contributed by atoms with Crippen molar-refractivity contribution in [3.63, 3.8) is 0 Å². The molecular weight excluding hydrogens is 1040 g/mol. The highest BCUT2D eigenvalue weighted by molar-refractivity contribution is 7.81. The van der Waals surface area contributed by atoms with Gasteiger partial charge in [-0.25, -0.2) is 4.98 Å². The number of thiol groups is 2. The van der Waals surface area contributed by atoms with Gasteiger partial charge in [0.05, 0.1) is 6.33 Å². The SMILES string of the molecule is CCCC[C@H](NC(C)=O)C(=O)N[C@@H](CS)C(=O)N[C@@H](Cc1cnc[nH]1)C(=O)N[C@H](Cc1ccccc1)C(=O)N[C@@H](CCCN=C(N)N)C(=O)N[C@@H](Cc1c[nH]c2ccccc12)C(=O)NCCCC(=O)N[C@H](C(N)=O)C(C)(C)S. The fourth-order valence-corrected chi connectivity index (χ4v) is 8.73. The van der Waals surface area contributed by atoms with Gasteiger partial charge in [0.1, 0.15) is 42.3 Å². The fraction of sp³-hybridized carbons (Fsp3) is 0.481. The molecule has 0 radical (unpaired) electrons. The number of guanidine groups is 1. The Morgan fingerprint density at radius 3 is 1.82 bits per heavy atom. The number of amides is 9. The molecule has 4 rings (SSSR count). The third-order valence-electron chi connectivity index (χ3n) is 12.4. The van der Waals surface area contributed by atoms with E-state index in [1.54, 1.807) is 50.4 Å². The molecule has 0 unspecified atom stereocenters. The number of imidazole rings is 1. The number of primary amides is 1. The zero-order chi connectivity index (χ0) is 57.4. The number of para-hydroxylation sites is 1. The number of carbonyl (C=O) groups is 9. The van der Waals surface area contributed by atoms with Crippen molar-refractivity contribution in [1.82, 2.24) is 57.5 Å². The number of nitrogens with zero attached hydrogens (tertiary/aromatic N) is 2. The highest BCUT2D eigenvalue weighted by Gasteiger charge is 2.35. The molecule has 24 nitrogen and oxygen atoms in total. The number of aliphatic imine (C=N–C) groups is 1. The summed E-state index contributed by atoms with van der Waals surface area (Å²) in [5.41, 5.74) is 19.2. The van der Waals surface area contributed by atoms with Crippen LogP contribution in [0.25, 0.3) is 10.9 Å². The molecule has 16 N–H and O–H groups in total. The van der Waals surface area contributed by atoms with Gasteiger partial charge < -0.3 is 69.7 Å². The summed E-state index contributed by atoms with van der Waals surface area (Å²) in [6.45, 7) is 6.55. The molecule has 0 bridgehead atoms. The molecule has 2 aromatic heterocycles. The quantitative estimate of drug-likeness (QED) is 0.0125. The topological polar surface area (TPSA) is 385 Å². The number of H-pyrrole nitrogens is 2. The van der Waals surface area contributed by atoms with E-state index in [2.05, 4.69) is 87.7 Å². The monoisotopic (exact) mass is 1120 g/mol. The van der Waals surface area contributed by atoms with E-state index < -0.39 is 100 Å². The van der Waals surface area contributed by atoms with Crippen molar-refractivity contribution in [2.75, 3.05) is 18.8 Å². The van der Waals surface area contributed by atoms with Gasteiger partial charge in [-0.2, -0.15) is 25.3 Å². The lowest BCUT2D eigenvalue weighted by Crippen LogP contribution is -2.60. The lowest BCUT2D eigenvalue weighted by atomic mass is 10.0. The summed E-state index contributed by atoms with van der Waals surface area (Å²) in [4.78, 5) is 136. The average molecular weight is 1120 g/mol. The van der Waals surface area contributed by atoms with Crippen molar-refractivity contribution in [3.05, 3.63) is 90.1 Å². The average Bonchev–Trinajstić information content (AvgIpc) is 4.08. The number of nitrogens with two attached hydrogens (primary N) is 3. The molecule has 0 aliphatic carbocycles. The normalized spacial score (nSPS) is 13.9. The van der Waals surface area contributed by atoms with E-state index in [0.717, 1.165) is 17.3 Å². The Balaban J connectivity index is 1.61. The molecule has 7 atom stereocenters. The molecule has 424 valence electrons. The minimum Gasteiger partial charge on any atom is -0.370 e. The Hall–Kier alpha value is -7.61. The number of hydrogen-bond donors (Lipinski definition) is 15. The first-order valence-electron chi connectivity index (χ1n) is 25.7. The molecule has 4 aromatic rings. The Kier molecular flexibility index (Phi) is 25.5. The van der Waals surface area contributed by atoms with Gasteiger partial charge >= 0.3 is 0 Å². The number of fused-ring (bicyclic) bond motifs is 1. The maximum atomic E-state index is 14.7. The van der Waals surface area contributed by atoms with E-state index >= 15 is 0 Å². The number of nitrogens with one attached hydrogen (secondary N) is 10. The minimum absolute atomic E-state index is 0.00142. The molecule has 0 saturated heterocycles. The van der Waals surface area contributed by atoms with Gasteiger partial charge in [0.15, 0.2) is 5.96 Å². The maximum Gasteiger partial charge on any atom is 0.244 e. The van der Waals surface area contributed by atoms with Gasteiger partial charge in [-0.3, -0.25) is 48.1 Å². The van der Waals surface area contributed by atoms with E-state index in [4.69, 9.17) is 17.2 Å². The highest BCUT2D eigenvalue weighted by atomic mass is 32.1. The first-order chi connectivity index (χ1) is 37.1. The zero-order valence-corrected chi connectivity index (χ0v) is 46.1. The van der Waals surface area contributed by atoms with Crippen LogP contribution in [0.3, 0.4) is 0 Å². The van der Waals surface area contributed by atoms with Crippen molar-refractivity contribution >= 4 is 95.3 Å². The summed E-state index contributed by atoms with van der Waals surface area (Å²) >= 11 is 8.69. The van der Waals surface area contributed by atoms with Crippen LogP contribution in [0.15, 0.2) is 78.3 Å². The van der Waals surface area contributed by atoms with E-state index in [1.807, 2.05) is 31.2 Å². The van der Waals surface area contributed by atoms with Gasteiger partial charge in [-0.15, -0.1) is 0 Å². The number of rotatable bonds is 33. The van der Waals surface area contributed by atoms with Crippen molar-refractivity contribution in [1.29, 1.82) is 0 Å². The number of carbonyl (C=O) groups excluding carboxylic acids is 9. The summed E-state index contributed by atoms with van der Waals surface area (Å²) in [6, 6.07) is 7.61. The summed E-state index contributed by atoms with van der Waals surface area (Å²) in [7, 11) is 0. The van der Waals surface area contributed by atoms with Crippen molar-refractivity contribution in [2.45, 2.75) is 139 Å². The lowest BCUT2D eigenvalue weighted by Gasteiger charge is -2.28. The number of aromatic amines is 2. The summed E-state index contributed by atoms with van der Waals surface area (Å²) in [5.74, 6) is -6.41. The van der Waals surface area contributed by atoms with Crippen molar-refractivity contribution in [2.24, 2.45) is 22.2 Å². The number of unbranched alkanes of at least 4 members (excludes halogenated alkanes) is 1. The Morgan fingerprint density at radius 1 is 0.667 bits per heavy atom. The molecule has 2 heterocycles. The van der Waals surface area contributed by atoms with E-state index in [9.17, 15) is 43.2 Å². The maximum absolute atomic E-state index is 14.7. The largest absolute Gasteiger partial charge is 0.370 e. The Bertz CT molecular complexity index is 2680.